The number of benzene rings is 1. The molecule has 1 aliphatic heterocycles. The Balaban J connectivity index is 1.98. The first-order valence-electron chi connectivity index (χ1n) is 5.46. The number of carbonyl (C=O) groups excluding carboxylic acids is 1. The second-order valence-electron chi connectivity index (χ2n) is 3.93. The van der Waals surface area contributed by atoms with E-state index in [0.29, 0.717) is 17.8 Å². The number of anilines is 1. The third kappa shape index (κ3) is 1.76. The second-order valence-corrected chi connectivity index (χ2v) is 3.93. The molecular weight excluding hydrogens is 214 g/mol. The molecule has 1 aliphatic rings. The van der Waals surface area contributed by atoms with Crippen molar-refractivity contribution in [1.29, 1.82) is 0 Å². The van der Waals surface area contributed by atoms with Crippen LogP contribution in [-0.2, 0) is 0 Å². The monoisotopic (exact) mass is 225 g/mol. The van der Waals surface area contributed by atoms with Crippen molar-refractivity contribution < 1.29 is 9.21 Å². The smallest absolute Gasteiger partial charge is 0.185 e. The van der Waals surface area contributed by atoms with Gasteiger partial charge in [0, 0.05) is 17.8 Å². The fourth-order valence-corrected chi connectivity index (χ4v) is 2.01. The van der Waals surface area contributed by atoms with Crippen LogP contribution in [0.4, 0.5) is 5.69 Å². The zero-order chi connectivity index (χ0) is 11.7. The fraction of sp³-hybridized carbons (Fsp3) is 0.0714. The Morgan fingerprint density at radius 3 is 2.76 bits per heavy atom. The summed E-state index contributed by atoms with van der Waals surface area (Å²) in [6.07, 6.45) is 2.68. The van der Waals surface area contributed by atoms with Crippen LogP contribution in [0.25, 0.3) is 11.6 Å². The third-order valence-corrected chi connectivity index (χ3v) is 2.82. The van der Waals surface area contributed by atoms with Crippen molar-refractivity contribution in [3.05, 3.63) is 53.5 Å². The lowest BCUT2D eigenvalue weighted by atomic mass is 10.1. The van der Waals surface area contributed by atoms with Crippen LogP contribution in [-0.4, -0.2) is 12.8 Å². The lowest BCUT2D eigenvalue weighted by Crippen LogP contribution is -1.90. The number of para-hydroxylation sites is 1. The van der Waals surface area contributed by atoms with Crippen LogP contribution < -0.4 is 5.32 Å². The molecule has 2 aromatic rings. The van der Waals surface area contributed by atoms with E-state index in [1.807, 2.05) is 18.2 Å². The number of rotatable bonds is 2. The zero-order valence-corrected chi connectivity index (χ0v) is 9.14. The summed E-state index contributed by atoms with van der Waals surface area (Å²) in [6, 6.07) is 11.6. The van der Waals surface area contributed by atoms with Gasteiger partial charge in [0.05, 0.1) is 0 Å². The number of nitrogens with one attached hydrogen (secondary N) is 1. The molecule has 1 aromatic heterocycles. The average Bonchev–Trinajstić information content (AvgIpc) is 2.97. The van der Waals surface area contributed by atoms with Gasteiger partial charge in [-0.05, 0) is 29.8 Å². The Morgan fingerprint density at radius 1 is 1.12 bits per heavy atom. The molecular formula is C14H11NO2. The van der Waals surface area contributed by atoms with Gasteiger partial charge in [0.25, 0.3) is 0 Å². The quantitative estimate of drug-likeness (QED) is 0.799. The summed E-state index contributed by atoms with van der Waals surface area (Å²) in [4.78, 5) is 10.5. The van der Waals surface area contributed by atoms with Crippen LogP contribution in [0.1, 0.15) is 21.9 Å². The van der Waals surface area contributed by atoms with Crippen LogP contribution in [0.15, 0.2) is 40.8 Å². The van der Waals surface area contributed by atoms with Crippen LogP contribution in [0.2, 0.25) is 0 Å². The number of hydrogen-bond acceptors (Lipinski definition) is 3. The first kappa shape index (κ1) is 9.90. The molecule has 0 atom stereocenters. The minimum absolute atomic E-state index is 0.357. The molecule has 0 amide bonds. The Bertz CT molecular complexity index is 596. The molecule has 84 valence electrons. The molecule has 17 heavy (non-hydrogen) atoms. The number of aldehydes is 1. The number of carbonyl (C=O) groups is 1. The minimum atomic E-state index is 0.357. The van der Waals surface area contributed by atoms with E-state index >= 15 is 0 Å². The maximum Gasteiger partial charge on any atom is 0.185 e. The van der Waals surface area contributed by atoms with E-state index in [2.05, 4.69) is 17.4 Å². The van der Waals surface area contributed by atoms with Gasteiger partial charge in [-0.1, -0.05) is 18.2 Å². The van der Waals surface area contributed by atoms with E-state index in [1.165, 1.54) is 11.1 Å². The van der Waals surface area contributed by atoms with Gasteiger partial charge in [0.15, 0.2) is 12.0 Å². The van der Waals surface area contributed by atoms with Crippen molar-refractivity contribution >= 4 is 23.6 Å². The summed E-state index contributed by atoms with van der Waals surface area (Å²) in [5, 5.41) is 3.31. The lowest BCUT2D eigenvalue weighted by molar-refractivity contribution is 0.110. The van der Waals surface area contributed by atoms with Gasteiger partial charge in [-0.2, -0.15) is 0 Å². The highest BCUT2D eigenvalue weighted by Crippen LogP contribution is 2.31. The van der Waals surface area contributed by atoms with E-state index in [1.54, 1.807) is 12.1 Å². The summed E-state index contributed by atoms with van der Waals surface area (Å²) in [5.41, 5.74) is 3.50. The summed E-state index contributed by atoms with van der Waals surface area (Å²) in [7, 11) is 0. The first-order chi connectivity index (χ1) is 8.36. The van der Waals surface area contributed by atoms with Gasteiger partial charge in [-0.3, -0.25) is 4.79 Å². The van der Waals surface area contributed by atoms with Crippen LogP contribution >= 0.6 is 0 Å². The van der Waals surface area contributed by atoms with Gasteiger partial charge in [0.2, 0.25) is 0 Å². The predicted octanol–water partition coefficient (Wildman–Crippen LogP) is 3.06. The maximum absolute atomic E-state index is 10.5. The normalized spacial score (nSPS) is 15.6. The van der Waals surface area contributed by atoms with E-state index in [-0.39, 0.29) is 0 Å². The van der Waals surface area contributed by atoms with E-state index < -0.39 is 0 Å². The summed E-state index contributed by atoms with van der Waals surface area (Å²) >= 11 is 0. The maximum atomic E-state index is 10.5. The SMILES string of the molecule is O=Cc1ccc(C=C2CNc3ccccc32)o1. The molecule has 2 heterocycles. The van der Waals surface area contributed by atoms with Crippen molar-refractivity contribution in [2.75, 3.05) is 11.9 Å². The molecule has 0 saturated carbocycles. The largest absolute Gasteiger partial charge is 0.454 e. The summed E-state index contributed by atoms with van der Waals surface area (Å²) in [6.45, 7) is 0.788. The molecule has 0 bridgehead atoms. The van der Waals surface area contributed by atoms with E-state index in [9.17, 15) is 4.79 Å². The Hall–Kier alpha value is -2.29. The molecule has 3 heteroatoms. The Morgan fingerprint density at radius 2 is 1.94 bits per heavy atom. The highest BCUT2D eigenvalue weighted by Gasteiger charge is 2.14. The van der Waals surface area contributed by atoms with Crippen molar-refractivity contribution in [2.45, 2.75) is 0 Å². The van der Waals surface area contributed by atoms with Crippen LogP contribution in [0, 0.1) is 0 Å². The van der Waals surface area contributed by atoms with Gasteiger partial charge in [-0.15, -0.1) is 0 Å². The molecule has 0 aliphatic carbocycles. The third-order valence-electron chi connectivity index (χ3n) is 2.82. The van der Waals surface area contributed by atoms with Crippen LogP contribution in [0.3, 0.4) is 0 Å². The minimum Gasteiger partial charge on any atom is -0.454 e. The topological polar surface area (TPSA) is 42.2 Å². The molecule has 1 aromatic carbocycles. The highest BCUT2D eigenvalue weighted by atomic mass is 16.3. The number of hydrogen-bond donors (Lipinski definition) is 1. The molecule has 3 rings (SSSR count). The molecule has 1 N–H and O–H groups in total. The zero-order valence-electron chi connectivity index (χ0n) is 9.14. The fourth-order valence-electron chi connectivity index (χ4n) is 2.01. The van der Waals surface area contributed by atoms with Crippen molar-refractivity contribution in [1.82, 2.24) is 0 Å². The van der Waals surface area contributed by atoms with Crippen molar-refractivity contribution in [3.63, 3.8) is 0 Å². The standard InChI is InChI=1S/C14H11NO2/c16-9-12-6-5-11(17-12)7-10-8-15-14-4-2-1-3-13(10)14/h1-7,9,15H,8H2. The van der Waals surface area contributed by atoms with Crippen molar-refractivity contribution in [2.24, 2.45) is 0 Å². The Kier molecular flexibility index (Phi) is 2.29. The van der Waals surface area contributed by atoms with Gasteiger partial charge < -0.3 is 9.73 Å². The number of fused-ring (bicyclic) bond motifs is 1. The van der Waals surface area contributed by atoms with Crippen LogP contribution in [0.5, 0.6) is 0 Å². The summed E-state index contributed by atoms with van der Waals surface area (Å²) < 4.78 is 5.34. The first-order valence-corrected chi connectivity index (χ1v) is 5.46. The molecule has 0 spiro atoms. The summed E-state index contributed by atoms with van der Waals surface area (Å²) in [5.74, 6) is 1.07. The molecule has 0 unspecified atom stereocenters. The van der Waals surface area contributed by atoms with Gasteiger partial charge in [-0.25, -0.2) is 0 Å². The lowest BCUT2D eigenvalue weighted by Gasteiger charge is -1.97. The number of furan rings is 1. The van der Waals surface area contributed by atoms with Gasteiger partial charge >= 0.3 is 0 Å². The highest BCUT2D eigenvalue weighted by molar-refractivity contribution is 5.92. The molecule has 0 saturated heterocycles. The molecule has 0 radical (unpaired) electrons. The average molecular weight is 225 g/mol. The van der Waals surface area contributed by atoms with Crippen molar-refractivity contribution in [3.8, 4) is 0 Å². The van der Waals surface area contributed by atoms with E-state index in [0.717, 1.165) is 12.2 Å². The van der Waals surface area contributed by atoms with Gasteiger partial charge in [0.1, 0.15) is 5.76 Å². The Labute approximate surface area is 98.8 Å². The van der Waals surface area contributed by atoms with E-state index in [4.69, 9.17) is 4.42 Å². The molecule has 3 nitrogen and oxygen atoms in total. The second kappa shape index (κ2) is 3.94. The molecule has 0 fully saturated rings. The predicted molar refractivity (Wildman–Crippen MR) is 66.9 cm³/mol.